The summed E-state index contributed by atoms with van der Waals surface area (Å²) in [5, 5.41) is 2.81. The third kappa shape index (κ3) is 4.76. The molecule has 1 aromatic heterocycles. The maximum atomic E-state index is 12.7. The second-order valence-corrected chi connectivity index (χ2v) is 9.03. The summed E-state index contributed by atoms with van der Waals surface area (Å²) in [6.45, 7) is -0.276. The number of hydrogen-bond donors (Lipinski definition) is 1. The van der Waals surface area contributed by atoms with E-state index in [1.54, 1.807) is 30.3 Å². The van der Waals surface area contributed by atoms with Crippen LogP contribution < -0.4 is 14.8 Å². The monoisotopic (exact) mass is 480 g/mol. The molecule has 1 saturated heterocycles. The maximum absolute atomic E-state index is 12.7. The zero-order valence-electron chi connectivity index (χ0n) is 17.0. The average Bonchev–Trinajstić information content (AvgIpc) is 3.51. The summed E-state index contributed by atoms with van der Waals surface area (Å²) < 4.78 is 16.3. The number of thioether (sulfide) groups is 1. The largest absolute Gasteiger partial charge is 0.454 e. The van der Waals surface area contributed by atoms with Crippen molar-refractivity contribution in [3.8, 4) is 11.5 Å². The lowest BCUT2D eigenvalue weighted by Crippen LogP contribution is -2.36. The number of imide groups is 1. The Labute approximate surface area is 196 Å². The molecule has 166 valence electrons. The van der Waals surface area contributed by atoms with E-state index in [0.717, 1.165) is 21.6 Å². The first-order chi connectivity index (χ1) is 16.0. The molecule has 0 radical (unpaired) electrons. The Hall–Kier alpha value is -3.63. The van der Waals surface area contributed by atoms with Crippen LogP contribution in [-0.2, 0) is 9.59 Å². The summed E-state index contributed by atoms with van der Waals surface area (Å²) in [6, 6.07) is 18.2. The van der Waals surface area contributed by atoms with E-state index in [-0.39, 0.29) is 11.7 Å². The van der Waals surface area contributed by atoms with Gasteiger partial charge in [-0.25, -0.2) is 0 Å². The Kier molecular flexibility index (Phi) is 5.84. The van der Waals surface area contributed by atoms with Gasteiger partial charge in [0.1, 0.15) is 12.3 Å². The minimum absolute atomic E-state index is 0.123. The van der Waals surface area contributed by atoms with Crippen LogP contribution in [0.25, 0.3) is 6.08 Å². The molecule has 0 aliphatic carbocycles. The van der Waals surface area contributed by atoms with Gasteiger partial charge in [-0.3, -0.25) is 19.3 Å². The molecule has 3 amide bonds. The van der Waals surface area contributed by atoms with E-state index >= 15 is 0 Å². The van der Waals surface area contributed by atoms with Gasteiger partial charge in [0, 0.05) is 22.7 Å². The number of benzene rings is 2. The zero-order valence-corrected chi connectivity index (χ0v) is 18.6. The lowest BCUT2D eigenvalue weighted by Gasteiger charge is -2.12. The normalized spacial score (nSPS) is 16.0. The smallest absolute Gasteiger partial charge is 0.294 e. The van der Waals surface area contributed by atoms with Crippen molar-refractivity contribution in [1.82, 2.24) is 4.90 Å². The highest BCUT2D eigenvalue weighted by Crippen LogP contribution is 2.36. The average molecular weight is 481 g/mol. The number of nitrogens with one attached hydrogen (secondary N) is 1. The van der Waals surface area contributed by atoms with Gasteiger partial charge in [0.25, 0.3) is 11.1 Å². The number of fused-ring (bicyclic) bond motifs is 1. The highest BCUT2D eigenvalue weighted by molar-refractivity contribution is 8.18. The fourth-order valence-electron chi connectivity index (χ4n) is 3.16. The summed E-state index contributed by atoms with van der Waals surface area (Å²) in [6.07, 6.45) is 1.51. The standard InChI is InChI=1S/C23H16N2O6S2/c26-20(24-14-6-8-17-18(10-14)30-13-29-17)12-25-22(27)19(33-23(25)28)11-15-7-9-21(31-15)32-16-4-2-1-3-5-16/h1-11H,12-13H2,(H,24,26)/b19-11-. The number of carbonyl (C=O) groups is 3. The number of carbonyl (C=O) groups excluding carboxylic acids is 3. The van der Waals surface area contributed by atoms with E-state index in [4.69, 9.17) is 13.9 Å². The predicted molar refractivity (Wildman–Crippen MR) is 123 cm³/mol. The lowest BCUT2D eigenvalue weighted by molar-refractivity contribution is -0.127. The Morgan fingerprint density at radius 1 is 1.06 bits per heavy atom. The van der Waals surface area contributed by atoms with Crippen LogP contribution >= 0.6 is 23.5 Å². The van der Waals surface area contributed by atoms with E-state index in [2.05, 4.69) is 5.32 Å². The van der Waals surface area contributed by atoms with Crippen molar-refractivity contribution in [2.45, 2.75) is 9.99 Å². The number of furan rings is 1. The van der Waals surface area contributed by atoms with Gasteiger partial charge in [0.15, 0.2) is 16.6 Å². The van der Waals surface area contributed by atoms with Gasteiger partial charge < -0.3 is 19.2 Å². The molecule has 0 spiro atoms. The highest BCUT2D eigenvalue weighted by Gasteiger charge is 2.36. The molecular formula is C23H16N2O6S2. The molecule has 2 aliphatic rings. The van der Waals surface area contributed by atoms with Crippen molar-refractivity contribution < 1.29 is 28.3 Å². The first-order valence-corrected chi connectivity index (χ1v) is 11.5. The molecule has 8 nitrogen and oxygen atoms in total. The summed E-state index contributed by atoms with van der Waals surface area (Å²) >= 11 is 2.22. The third-order valence-corrected chi connectivity index (χ3v) is 6.50. The molecule has 3 aromatic rings. The van der Waals surface area contributed by atoms with Crippen molar-refractivity contribution in [3.63, 3.8) is 0 Å². The molecule has 1 N–H and O–H groups in total. The Bertz CT molecular complexity index is 1270. The van der Waals surface area contributed by atoms with Gasteiger partial charge in [-0.2, -0.15) is 0 Å². The van der Waals surface area contributed by atoms with Crippen molar-refractivity contribution in [2.24, 2.45) is 0 Å². The molecule has 2 aromatic carbocycles. The predicted octanol–water partition coefficient (Wildman–Crippen LogP) is 4.83. The van der Waals surface area contributed by atoms with Gasteiger partial charge in [-0.1, -0.05) is 30.0 Å². The van der Waals surface area contributed by atoms with Gasteiger partial charge in [0.05, 0.1) is 4.91 Å². The summed E-state index contributed by atoms with van der Waals surface area (Å²) in [7, 11) is 0. The van der Waals surface area contributed by atoms with Crippen LogP contribution in [0, 0.1) is 0 Å². The van der Waals surface area contributed by atoms with Crippen molar-refractivity contribution in [3.05, 3.63) is 71.3 Å². The fraction of sp³-hybridized carbons (Fsp3) is 0.0870. The molecule has 5 rings (SSSR count). The topological polar surface area (TPSA) is 98.1 Å². The Morgan fingerprint density at radius 3 is 2.73 bits per heavy atom. The molecule has 1 fully saturated rings. The first kappa shape index (κ1) is 21.2. The fourth-order valence-corrected chi connectivity index (χ4v) is 4.77. The zero-order chi connectivity index (χ0) is 22.8. The quantitative estimate of drug-likeness (QED) is 0.501. The van der Waals surface area contributed by atoms with Crippen LogP contribution in [0.5, 0.6) is 11.5 Å². The molecule has 0 saturated carbocycles. The van der Waals surface area contributed by atoms with Crippen LogP contribution in [-0.4, -0.2) is 35.3 Å². The first-order valence-electron chi connectivity index (χ1n) is 9.83. The SMILES string of the molecule is O=C(CN1C(=O)S/C(=C\c2ccc(Sc3ccccc3)o2)C1=O)Nc1ccc2c(c1)OCO2. The summed E-state index contributed by atoms with van der Waals surface area (Å²) in [5.74, 6) is 0.512. The molecule has 0 unspecified atom stereocenters. The minimum atomic E-state index is -0.542. The number of anilines is 1. The molecule has 33 heavy (non-hydrogen) atoms. The number of nitrogens with zero attached hydrogens (tertiary/aromatic N) is 1. The third-order valence-electron chi connectivity index (χ3n) is 4.67. The van der Waals surface area contributed by atoms with Crippen LogP contribution in [0.2, 0.25) is 0 Å². The molecule has 3 heterocycles. The maximum Gasteiger partial charge on any atom is 0.294 e. The second kappa shape index (κ2) is 9.08. The number of hydrogen-bond acceptors (Lipinski definition) is 8. The van der Waals surface area contributed by atoms with Crippen molar-refractivity contribution in [2.75, 3.05) is 18.7 Å². The molecule has 10 heteroatoms. The van der Waals surface area contributed by atoms with Crippen LogP contribution in [0.1, 0.15) is 5.76 Å². The van der Waals surface area contributed by atoms with Crippen molar-refractivity contribution >= 4 is 52.3 Å². The van der Waals surface area contributed by atoms with Gasteiger partial charge >= 0.3 is 0 Å². The Morgan fingerprint density at radius 2 is 1.88 bits per heavy atom. The second-order valence-electron chi connectivity index (χ2n) is 6.96. The number of amides is 3. The van der Waals surface area contributed by atoms with Gasteiger partial charge in [0.2, 0.25) is 12.7 Å². The van der Waals surface area contributed by atoms with Crippen LogP contribution in [0.4, 0.5) is 10.5 Å². The summed E-state index contributed by atoms with van der Waals surface area (Å²) in [5.41, 5.74) is 0.478. The van der Waals surface area contributed by atoms with E-state index in [1.807, 2.05) is 30.3 Å². The van der Waals surface area contributed by atoms with Crippen molar-refractivity contribution in [1.29, 1.82) is 0 Å². The highest BCUT2D eigenvalue weighted by atomic mass is 32.2. The minimum Gasteiger partial charge on any atom is -0.454 e. The number of ether oxygens (including phenoxy) is 2. The molecule has 0 atom stereocenters. The van der Waals surface area contributed by atoms with E-state index in [1.165, 1.54) is 17.8 Å². The van der Waals surface area contributed by atoms with Gasteiger partial charge in [-0.05, 0) is 48.2 Å². The number of rotatable bonds is 6. The lowest BCUT2D eigenvalue weighted by atomic mass is 10.2. The molecular weight excluding hydrogens is 464 g/mol. The van der Waals surface area contributed by atoms with E-state index in [9.17, 15) is 14.4 Å². The van der Waals surface area contributed by atoms with Crippen LogP contribution in [0.3, 0.4) is 0 Å². The summed E-state index contributed by atoms with van der Waals surface area (Å²) in [4.78, 5) is 39.6. The van der Waals surface area contributed by atoms with Gasteiger partial charge in [-0.15, -0.1) is 0 Å². The Balaban J connectivity index is 1.22. The van der Waals surface area contributed by atoms with E-state index in [0.29, 0.717) is 28.0 Å². The van der Waals surface area contributed by atoms with E-state index < -0.39 is 23.6 Å². The molecule has 0 bridgehead atoms. The van der Waals surface area contributed by atoms with Crippen LogP contribution in [0.15, 0.2) is 80.0 Å². The molecule has 2 aliphatic heterocycles.